The second-order valence-corrected chi connectivity index (χ2v) is 7.39. The highest BCUT2D eigenvalue weighted by molar-refractivity contribution is 7.90. The molecule has 19 heavy (non-hydrogen) atoms. The highest BCUT2D eigenvalue weighted by Gasteiger charge is 2.32. The molecule has 0 saturated carbocycles. The summed E-state index contributed by atoms with van der Waals surface area (Å²) in [5, 5.41) is 6.20. The zero-order valence-corrected chi connectivity index (χ0v) is 13.5. The molecular formula is C14H22ClNO2S. The molecular weight excluding hydrogens is 282 g/mol. The van der Waals surface area contributed by atoms with Crippen molar-refractivity contribution in [1.29, 1.82) is 0 Å². The van der Waals surface area contributed by atoms with Gasteiger partial charge in [-0.15, -0.1) is 0 Å². The fourth-order valence-corrected chi connectivity index (χ4v) is 2.86. The lowest BCUT2D eigenvalue weighted by atomic mass is 9.91. The molecule has 5 heteroatoms. The van der Waals surface area contributed by atoms with Crippen molar-refractivity contribution in [3.63, 3.8) is 0 Å². The molecule has 1 aromatic carbocycles. The zero-order chi connectivity index (χ0) is 14.6. The Hall–Kier alpha value is -0.420. The van der Waals surface area contributed by atoms with Crippen molar-refractivity contribution in [2.75, 3.05) is 6.61 Å². The first-order valence-electron chi connectivity index (χ1n) is 6.36. The Labute approximate surface area is 123 Å². The SMILES string of the molecule is CCOc1ccc(C(C)CC(C)(C)[S+](N)[O-])c(Cl)c1. The fraction of sp³-hybridized carbons (Fsp3) is 0.571. The van der Waals surface area contributed by atoms with Crippen LogP contribution in [0.3, 0.4) is 0 Å². The summed E-state index contributed by atoms with van der Waals surface area (Å²) in [5.41, 5.74) is 1.03. The van der Waals surface area contributed by atoms with Gasteiger partial charge in [-0.2, -0.15) is 5.14 Å². The van der Waals surface area contributed by atoms with E-state index >= 15 is 0 Å². The molecule has 1 rings (SSSR count). The van der Waals surface area contributed by atoms with Crippen molar-refractivity contribution in [2.24, 2.45) is 5.14 Å². The van der Waals surface area contributed by atoms with Crippen molar-refractivity contribution in [2.45, 2.75) is 44.8 Å². The molecule has 3 nitrogen and oxygen atoms in total. The molecule has 0 bridgehead atoms. The van der Waals surface area contributed by atoms with Gasteiger partial charge in [-0.1, -0.05) is 24.6 Å². The number of ether oxygens (including phenoxy) is 1. The van der Waals surface area contributed by atoms with E-state index in [4.69, 9.17) is 21.5 Å². The van der Waals surface area contributed by atoms with Gasteiger partial charge in [0, 0.05) is 22.8 Å². The number of hydrogen-bond acceptors (Lipinski definition) is 3. The van der Waals surface area contributed by atoms with Crippen LogP contribution in [-0.2, 0) is 11.4 Å². The monoisotopic (exact) mass is 303 g/mol. The predicted molar refractivity (Wildman–Crippen MR) is 82.1 cm³/mol. The van der Waals surface area contributed by atoms with E-state index in [9.17, 15) is 4.55 Å². The first-order chi connectivity index (χ1) is 8.77. The average Bonchev–Trinajstić information content (AvgIpc) is 2.28. The van der Waals surface area contributed by atoms with Crippen molar-refractivity contribution < 1.29 is 9.29 Å². The lowest BCUT2D eigenvalue weighted by Gasteiger charge is -2.27. The van der Waals surface area contributed by atoms with Crippen LogP contribution in [0, 0.1) is 0 Å². The van der Waals surface area contributed by atoms with Crippen molar-refractivity contribution in [3.8, 4) is 5.75 Å². The van der Waals surface area contributed by atoms with Crippen molar-refractivity contribution >= 4 is 23.0 Å². The molecule has 0 radical (unpaired) electrons. The molecule has 0 aliphatic heterocycles. The predicted octanol–water partition coefficient (Wildman–Crippen LogP) is 3.63. The molecule has 0 aliphatic rings. The number of nitrogens with two attached hydrogens (primary N) is 1. The van der Waals surface area contributed by atoms with Gasteiger partial charge in [-0.05, 0) is 44.4 Å². The first kappa shape index (κ1) is 16.6. The van der Waals surface area contributed by atoms with E-state index in [0.29, 0.717) is 18.1 Å². The minimum absolute atomic E-state index is 0.186. The summed E-state index contributed by atoms with van der Waals surface area (Å²) in [7, 11) is 0. The molecule has 0 saturated heterocycles. The van der Waals surface area contributed by atoms with Gasteiger partial charge in [0.2, 0.25) is 0 Å². The largest absolute Gasteiger partial charge is 0.598 e. The minimum atomic E-state index is -1.35. The van der Waals surface area contributed by atoms with Crippen LogP contribution in [0.15, 0.2) is 18.2 Å². The molecule has 2 atom stereocenters. The number of rotatable bonds is 6. The van der Waals surface area contributed by atoms with Gasteiger partial charge in [0.1, 0.15) is 10.5 Å². The van der Waals surface area contributed by atoms with Crippen LogP contribution in [0.2, 0.25) is 5.02 Å². The van der Waals surface area contributed by atoms with Crippen LogP contribution >= 0.6 is 11.6 Å². The Bertz CT molecular complexity index is 424. The van der Waals surface area contributed by atoms with E-state index in [0.717, 1.165) is 11.3 Å². The molecule has 2 N–H and O–H groups in total. The standard InChI is InChI=1S/C14H22ClNO2S/c1-5-18-11-6-7-12(13(15)8-11)10(2)9-14(3,4)19(16)17/h6-8,10H,5,9,16H2,1-4H3. The third-order valence-corrected chi connectivity index (χ3v) is 4.74. The summed E-state index contributed by atoms with van der Waals surface area (Å²) in [4.78, 5) is 0. The Morgan fingerprint density at radius 3 is 2.58 bits per heavy atom. The van der Waals surface area contributed by atoms with Crippen LogP contribution in [0.4, 0.5) is 0 Å². The highest BCUT2D eigenvalue weighted by Crippen LogP contribution is 2.34. The zero-order valence-electron chi connectivity index (χ0n) is 11.9. The molecule has 0 spiro atoms. The number of halogens is 1. The smallest absolute Gasteiger partial charge is 0.140 e. The molecule has 0 heterocycles. The summed E-state index contributed by atoms with van der Waals surface area (Å²) in [6, 6.07) is 5.70. The van der Waals surface area contributed by atoms with Gasteiger partial charge in [0.25, 0.3) is 0 Å². The van der Waals surface area contributed by atoms with Gasteiger partial charge in [-0.3, -0.25) is 0 Å². The Balaban J connectivity index is 2.85. The van der Waals surface area contributed by atoms with Crippen LogP contribution in [0.5, 0.6) is 5.75 Å². The molecule has 2 unspecified atom stereocenters. The highest BCUT2D eigenvalue weighted by atomic mass is 35.5. The van der Waals surface area contributed by atoms with Crippen molar-refractivity contribution in [1.82, 2.24) is 0 Å². The normalized spacial score (nSPS) is 15.1. The number of hydrogen-bond donors (Lipinski definition) is 1. The van der Waals surface area contributed by atoms with Crippen molar-refractivity contribution in [3.05, 3.63) is 28.8 Å². The molecule has 1 aromatic rings. The summed E-state index contributed by atoms with van der Waals surface area (Å²) in [6.07, 6.45) is 0.712. The molecule has 0 amide bonds. The molecule has 108 valence electrons. The Morgan fingerprint density at radius 1 is 1.47 bits per heavy atom. The maximum Gasteiger partial charge on any atom is 0.140 e. The van der Waals surface area contributed by atoms with Crippen LogP contribution in [-0.4, -0.2) is 15.9 Å². The quantitative estimate of drug-likeness (QED) is 0.816. The lowest BCUT2D eigenvalue weighted by molar-refractivity contribution is 0.340. The van der Waals surface area contributed by atoms with E-state index in [2.05, 4.69) is 6.92 Å². The Kier molecular flexibility index (Phi) is 5.99. The van der Waals surface area contributed by atoms with E-state index in [1.54, 1.807) is 0 Å². The van der Waals surface area contributed by atoms with Gasteiger partial charge in [0.15, 0.2) is 0 Å². The van der Waals surface area contributed by atoms with Gasteiger partial charge in [0.05, 0.1) is 6.61 Å². The van der Waals surface area contributed by atoms with Crippen LogP contribution in [0.25, 0.3) is 0 Å². The average molecular weight is 304 g/mol. The third kappa shape index (κ3) is 4.56. The summed E-state index contributed by atoms with van der Waals surface area (Å²) >= 11 is 4.93. The topological polar surface area (TPSA) is 58.3 Å². The van der Waals surface area contributed by atoms with E-state index < -0.39 is 16.1 Å². The fourth-order valence-electron chi connectivity index (χ4n) is 2.09. The van der Waals surface area contributed by atoms with Crippen LogP contribution in [0.1, 0.15) is 45.6 Å². The Morgan fingerprint density at radius 2 is 2.11 bits per heavy atom. The van der Waals surface area contributed by atoms with E-state index in [-0.39, 0.29) is 5.92 Å². The van der Waals surface area contributed by atoms with E-state index in [1.165, 1.54) is 0 Å². The molecule has 0 aliphatic carbocycles. The maximum atomic E-state index is 11.5. The van der Waals surface area contributed by atoms with E-state index in [1.807, 2.05) is 39.0 Å². The first-order valence-corrected chi connectivity index (χ1v) is 7.95. The molecule has 0 aromatic heterocycles. The van der Waals surface area contributed by atoms with Gasteiger partial charge >= 0.3 is 0 Å². The van der Waals surface area contributed by atoms with Crippen LogP contribution < -0.4 is 9.88 Å². The minimum Gasteiger partial charge on any atom is -0.598 e. The summed E-state index contributed by atoms with van der Waals surface area (Å²) in [5.74, 6) is 0.954. The second-order valence-electron chi connectivity index (χ2n) is 5.28. The maximum absolute atomic E-state index is 11.5. The second kappa shape index (κ2) is 6.84. The lowest BCUT2D eigenvalue weighted by Crippen LogP contribution is -2.38. The van der Waals surface area contributed by atoms with Gasteiger partial charge < -0.3 is 9.29 Å². The molecule has 0 fully saturated rings. The summed E-state index contributed by atoms with van der Waals surface area (Å²) < 4.78 is 16.5. The van der Waals surface area contributed by atoms with Gasteiger partial charge in [-0.25, -0.2) is 0 Å². The number of benzene rings is 1. The third-order valence-electron chi connectivity index (χ3n) is 3.16. The summed E-state index contributed by atoms with van der Waals surface area (Å²) in [6.45, 7) is 8.42.